The van der Waals surface area contributed by atoms with Crippen LogP contribution in [0.1, 0.15) is 52.4 Å². The highest BCUT2D eigenvalue weighted by Gasteiger charge is 2.10. The van der Waals surface area contributed by atoms with Crippen molar-refractivity contribution >= 4 is 7.85 Å². The molecule has 5 heteroatoms. The van der Waals surface area contributed by atoms with E-state index in [1.807, 2.05) is 6.92 Å². The van der Waals surface area contributed by atoms with Gasteiger partial charge < -0.3 is 4.57 Å². The molecule has 1 N–H and O–H groups in total. The highest BCUT2D eigenvalue weighted by atomic mass is 16.2. The van der Waals surface area contributed by atoms with Crippen LogP contribution in [0.5, 0.6) is 0 Å². The molecule has 0 fully saturated rings. The average molecular weight is 276 g/mol. The first-order chi connectivity index (χ1) is 9.52. The van der Waals surface area contributed by atoms with Crippen molar-refractivity contribution in [2.45, 2.75) is 64.7 Å². The van der Waals surface area contributed by atoms with Gasteiger partial charge in [-0.2, -0.15) is 0 Å². The molecule has 2 unspecified atom stereocenters. The SMILES string of the molecule is [B]C(C)CCCC(CCCC)Cn1ccc(=O)[nH]c1=O. The van der Waals surface area contributed by atoms with Gasteiger partial charge in [0.1, 0.15) is 0 Å². The first-order valence-corrected chi connectivity index (χ1v) is 7.58. The molecule has 110 valence electrons. The van der Waals surface area contributed by atoms with Gasteiger partial charge in [-0.3, -0.25) is 9.78 Å². The molecule has 2 atom stereocenters. The summed E-state index contributed by atoms with van der Waals surface area (Å²) in [6.45, 7) is 4.87. The number of hydrogen-bond acceptors (Lipinski definition) is 2. The Morgan fingerprint density at radius 3 is 2.55 bits per heavy atom. The Morgan fingerprint density at radius 1 is 1.25 bits per heavy atom. The summed E-state index contributed by atoms with van der Waals surface area (Å²) in [4.78, 5) is 25.1. The molecule has 20 heavy (non-hydrogen) atoms. The zero-order valence-corrected chi connectivity index (χ0v) is 12.6. The third kappa shape index (κ3) is 6.26. The lowest BCUT2D eigenvalue weighted by Crippen LogP contribution is -2.30. The van der Waals surface area contributed by atoms with E-state index < -0.39 is 0 Å². The summed E-state index contributed by atoms with van der Waals surface area (Å²) in [6, 6.07) is 1.40. The van der Waals surface area contributed by atoms with Crippen LogP contribution in [0.4, 0.5) is 0 Å². The molecule has 1 heterocycles. The van der Waals surface area contributed by atoms with E-state index in [1.54, 1.807) is 10.8 Å². The maximum Gasteiger partial charge on any atom is 0.328 e. The predicted molar refractivity (Wildman–Crippen MR) is 83.4 cm³/mol. The molecule has 1 aromatic rings. The Kier molecular flexibility index (Phi) is 7.41. The van der Waals surface area contributed by atoms with Gasteiger partial charge in [-0.15, -0.1) is 0 Å². The van der Waals surface area contributed by atoms with Crippen molar-refractivity contribution in [1.82, 2.24) is 9.55 Å². The van der Waals surface area contributed by atoms with Gasteiger partial charge in [-0.25, -0.2) is 4.79 Å². The maximum absolute atomic E-state index is 11.7. The molecule has 4 nitrogen and oxygen atoms in total. The van der Waals surface area contributed by atoms with Crippen LogP contribution in [-0.2, 0) is 6.54 Å². The lowest BCUT2D eigenvalue weighted by molar-refractivity contribution is 0.357. The van der Waals surface area contributed by atoms with E-state index in [1.165, 1.54) is 12.5 Å². The summed E-state index contributed by atoms with van der Waals surface area (Å²) in [5.41, 5.74) is -0.653. The molecule has 0 aliphatic heterocycles. The van der Waals surface area contributed by atoms with Crippen molar-refractivity contribution in [1.29, 1.82) is 0 Å². The van der Waals surface area contributed by atoms with Crippen molar-refractivity contribution in [2.24, 2.45) is 5.92 Å². The third-order valence-electron chi connectivity index (χ3n) is 3.59. The third-order valence-corrected chi connectivity index (χ3v) is 3.59. The van der Waals surface area contributed by atoms with Gasteiger partial charge >= 0.3 is 5.69 Å². The molecule has 0 bridgehead atoms. The molecule has 0 spiro atoms. The van der Waals surface area contributed by atoms with Gasteiger partial charge in [0.2, 0.25) is 0 Å². The monoisotopic (exact) mass is 276 g/mol. The molecular formula is C15H25BN2O2. The molecule has 0 aromatic carbocycles. The number of aromatic amines is 1. The lowest BCUT2D eigenvalue weighted by Gasteiger charge is -2.18. The van der Waals surface area contributed by atoms with Gasteiger partial charge in [0, 0.05) is 18.8 Å². The van der Waals surface area contributed by atoms with E-state index in [2.05, 4.69) is 11.9 Å². The summed E-state index contributed by atoms with van der Waals surface area (Å²) in [5.74, 6) is 0.704. The van der Waals surface area contributed by atoms with Crippen LogP contribution in [0, 0.1) is 5.92 Å². The molecule has 0 saturated carbocycles. The second-order valence-electron chi connectivity index (χ2n) is 5.68. The Bertz CT molecular complexity index is 493. The van der Waals surface area contributed by atoms with E-state index in [0.717, 1.165) is 32.1 Å². The number of H-pyrrole nitrogens is 1. The molecule has 2 radical (unpaired) electrons. The molecule has 0 aliphatic rings. The molecule has 0 aliphatic carbocycles. The molecule has 1 rings (SSSR count). The van der Waals surface area contributed by atoms with Crippen LogP contribution >= 0.6 is 0 Å². The Hall–Kier alpha value is -1.26. The first kappa shape index (κ1) is 16.8. The summed E-state index contributed by atoms with van der Waals surface area (Å²) in [7, 11) is 5.78. The Balaban J connectivity index is 2.62. The second kappa shape index (κ2) is 8.82. The van der Waals surface area contributed by atoms with E-state index in [-0.39, 0.29) is 17.1 Å². The normalized spacial score (nSPS) is 14.1. The quantitative estimate of drug-likeness (QED) is 0.704. The van der Waals surface area contributed by atoms with E-state index in [9.17, 15) is 9.59 Å². The average Bonchev–Trinajstić information content (AvgIpc) is 2.38. The van der Waals surface area contributed by atoms with Crippen LogP contribution in [-0.4, -0.2) is 17.4 Å². The van der Waals surface area contributed by atoms with Crippen LogP contribution in [0.15, 0.2) is 21.9 Å². The largest absolute Gasteiger partial charge is 0.328 e. The van der Waals surface area contributed by atoms with Crippen molar-refractivity contribution in [3.8, 4) is 0 Å². The highest BCUT2D eigenvalue weighted by Crippen LogP contribution is 2.20. The minimum absolute atomic E-state index is 0.234. The van der Waals surface area contributed by atoms with Crippen LogP contribution in [0.25, 0.3) is 0 Å². The summed E-state index contributed by atoms with van der Waals surface area (Å²) in [6.07, 6.45) is 8.21. The van der Waals surface area contributed by atoms with Crippen LogP contribution < -0.4 is 11.2 Å². The first-order valence-electron chi connectivity index (χ1n) is 7.58. The minimum atomic E-state index is -0.340. The van der Waals surface area contributed by atoms with Crippen LogP contribution in [0.2, 0.25) is 5.82 Å². The number of nitrogens with one attached hydrogen (secondary N) is 1. The van der Waals surface area contributed by atoms with Crippen molar-refractivity contribution in [3.63, 3.8) is 0 Å². The standard InChI is InChI=1S/C15H25BN2O2/c1-3-4-7-13(8-5-6-12(2)16)11-18-10-9-14(19)17-15(18)20/h9-10,12-13H,3-8,11H2,1-2H3,(H,17,19,20). The topological polar surface area (TPSA) is 54.9 Å². The van der Waals surface area contributed by atoms with Gasteiger partial charge in [-0.1, -0.05) is 45.3 Å². The fourth-order valence-corrected chi connectivity index (χ4v) is 2.41. The second-order valence-corrected chi connectivity index (χ2v) is 5.68. The number of hydrogen-bond donors (Lipinski definition) is 1. The number of nitrogens with zero attached hydrogens (tertiary/aromatic N) is 1. The number of rotatable bonds is 9. The Morgan fingerprint density at radius 2 is 1.95 bits per heavy atom. The minimum Gasteiger partial charge on any atom is -0.300 e. The molecule has 1 aromatic heterocycles. The highest BCUT2D eigenvalue weighted by molar-refractivity contribution is 6.11. The predicted octanol–water partition coefficient (Wildman–Crippen LogP) is 2.49. The van der Waals surface area contributed by atoms with Gasteiger partial charge in [0.15, 0.2) is 0 Å². The number of aromatic nitrogens is 2. The van der Waals surface area contributed by atoms with Crippen molar-refractivity contribution < 1.29 is 0 Å². The van der Waals surface area contributed by atoms with Gasteiger partial charge in [0.05, 0.1) is 7.85 Å². The molecule has 0 saturated heterocycles. The van der Waals surface area contributed by atoms with E-state index in [4.69, 9.17) is 7.85 Å². The lowest BCUT2D eigenvalue weighted by atomic mass is 9.83. The van der Waals surface area contributed by atoms with Crippen molar-refractivity contribution in [2.75, 3.05) is 0 Å². The van der Waals surface area contributed by atoms with Crippen molar-refractivity contribution in [3.05, 3.63) is 33.1 Å². The van der Waals surface area contributed by atoms with Gasteiger partial charge in [0.25, 0.3) is 5.56 Å². The molecule has 0 amide bonds. The fraction of sp³-hybridized carbons (Fsp3) is 0.733. The molecular weight excluding hydrogens is 251 g/mol. The fourth-order valence-electron chi connectivity index (χ4n) is 2.41. The summed E-state index contributed by atoms with van der Waals surface area (Å²) in [5, 5.41) is 0. The van der Waals surface area contributed by atoms with E-state index >= 15 is 0 Å². The summed E-state index contributed by atoms with van der Waals surface area (Å²) < 4.78 is 1.60. The van der Waals surface area contributed by atoms with Crippen LogP contribution in [0.3, 0.4) is 0 Å². The zero-order valence-electron chi connectivity index (χ0n) is 12.6. The maximum atomic E-state index is 11.7. The smallest absolute Gasteiger partial charge is 0.300 e. The Labute approximate surface area is 122 Å². The zero-order chi connectivity index (χ0) is 15.0. The summed E-state index contributed by atoms with van der Waals surface area (Å²) >= 11 is 0. The number of unbranched alkanes of at least 4 members (excludes halogenated alkanes) is 1. The van der Waals surface area contributed by atoms with Gasteiger partial charge in [-0.05, 0) is 18.8 Å². The van der Waals surface area contributed by atoms with E-state index in [0.29, 0.717) is 12.5 Å².